The Bertz CT molecular complexity index is 382. The molecule has 0 saturated heterocycles. The first kappa shape index (κ1) is 13.2. The predicted molar refractivity (Wildman–Crippen MR) is 76.5 cm³/mol. The Labute approximate surface area is 115 Å². The molecule has 5 heteroatoms. The van der Waals surface area contributed by atoms with Crippen LogP contribution in [-0.4, -0.2) is 23.6 Å². The number of hydrogen-bond donors (Lipinski definition) is 1. The van der Waals surface area contributed by atoms with Crippen molar-refractivity contribution in [3.8, 4) is 0 Å². The molecule has 1 aromatic heterocycles. The molecule has 2 rings (SSSR count). The van der Waals surface area contributed by atoms with Crippen molar-refractivity contribution in [2.45, 2.75) is 31.6 Å². The molecule has 1 unspecified atom stereocenters. The number of hydrogen-bond acceptors (Lipinski definition) is 3. The fourth-order valence-electron chi connectivity index (χ4n) is 1.79. The molecule has 17 heavy (non-hydrogen) atoms. The summed E-state index contributed by atoms with van der Waals surface area (Å²) in [4.78, 5) is 14.2. The quantitative estimate of drug-likeness (QED) is 0.862. The summed E-state index contributed by atoms with van der Waals surface area (Å²) in [6.07, 6.45) is 1.92. The number of thioether (sulfide) groups is 1. The Morgan fingerprint density at radius 2 is 2.47 bits per heavy atom. The maximum absolute atomic E-state index is 12.0. The molecule has 0 radical (unpaired) electrons. The van der Waals surface area contributed by atoms with Crippen LogP contribution in [0.3, 0.4) is 0 Å². The van der Waals surface area contributed by atoms with Crippen LogP contribution in [0.2, 0.25) is 0 Å². The van der Waals surface area contributed by atoms with Gasteiger partial charge in [0.2, 0.25) is 0 Å². The zero-order valence-corrected chi connectivity index (χ0v) is 12.2. The van der Waals surface area contributed by atoms with Crippen molar-refractivity contribution in [2.75, 3.05) is 11.6 Å². The van der Waals surface area contributed by atoms with Crippen LogP contribution in [0.5, 0.6) is 0 Å². The van der Waals surface area contributed by atoms with Gasteiger partial charge in [0.05, 0.1) is 4.88 Å². The summed E-state index contributed by atoms with van der Waals surface area (Å²) in [5.74, 6) is 2.86. The summed E-state index contributed by atoms with van der Waals surface area (Å²) in [6, 6.07) is 2.20. The van der Waals surface area contributed by atoms with Crippen molar-refractivity contribution < 1.29 is 4.79 Å². The number of alkyl halides is 1. The lowest BCUT2D eigenvalue weighted by molar-refractivity contribution is 0.0943. The summed E-state index contributed by atoms with van der Waals surface area (Å²) in [5, 5.41) is 2.99. The van der Waals surface area contributed by atoms with E-state index in [1.54, 1.807) is 11.3 Å². The number of aryl methyl sites for hydroxylation is 1. The molecular weight excluding hydrogens is 274 g/mol. The number of amides is 1. The Balaban J connectivity index is 2.01. The minimum Gasteiger partial charge on any atom is -0.349 e. The summed E-state index contributed by atoms with van der Waals surface area (Å²) in [5.41, 5.74) is 1.35. The summed E-state index contributed by atoms with van der Waals surface area (Å²) < 4.78 is 0. The molecule has 0 fully saturated rings. The third-order valence-corrected chi connectivity index (χ3v) is 5.23. The molecule has 0 saturated carbocycles. The number of halogens is 1. The van der Waals surface area contributed by atoms with Crippen LogP contribution < -0.4 is 5.32 Å². The van der Waals surface area contributed by atoms with E-state index in [2.05, 4.69) is 11.4 Å². The van der Waals surface area contributed by atoms with Gasteiger partial charge in [-0.05, 0) is 37.1 Å². The van der Waals surface area contributed by atoms with E-state index < -0.39 is 0 Å². The Morgan fingerprint density at radius 1 is 1.65 bits per heavy atom. The second kappa shape index (κ2) is 6.12. The van der Waals surface area contributed by atoms with Gasteiger partial charge in [0.25, 0.3) is 5.91 Å². The van der Waals surface area contributed by atoms with Gasteiger partial charge in [-0.25, -0.2) is 0 Å². The van der Waals surface area contributed by atoms with Crippen molar-refractivity contribution in [1.82, 2.24) is 5.32 Å². The van der Waals surface area contributed by atoms with Crippen LogP contribution in [0, 0.1) is 0 Å². The van der Waals surface area contributed by atoms with Crippen LogP contribution in [0.4, 0.5) is 0 Å². The Kier molecular flexibility index (Phi) is 4.77. The number of rotatable bonds is 4. The summed E-state index contributed by atoms with van der Waals surface area (Å²) in [7, 11) is 0. The average molecular weight is 290 g/mol. The number of fused-ring (bicyclic) bond motifs is 1. The van der Waals surface area contributed by atoms with Gasteiger partial charge in [-0.2, -0.15) is 11.8 Å². The van der Waals surface area contributed by atoms with Gasteiger partial charge in [-0.1, -0.05) is 0 Å². The smallest absolute Gasteiger partial charge is 0.261 e. The van der Waals surface area contributed by atoms with Gasteiger partial charge in [0.15, 0.2) is 0 Å². The van der Waals surface area contributed by atoms with Gasteiger partial charge in [0.1, 0.15) is 0 Å². The highest BCUT2D eigenvalue weighted by Gasteiger charge is 2.18. The van der Waals surface area contributed by atoms with E-state index in [1.807, 2.05) is 18.7 Å². The highest BCUT2D eigenvalue weighted by atomic mass is 35.5. The fraction of sp³-hybridized carbons (Fsp3) is 0.583. The normalized spacial score (nSPS) is 16.4. The van der Waals surface area contributed by atoms with Crippen molar-refractivity contribution in [3.05, 3.63) is 21.4 Å². The first-order valence-corrected chi connectivity index (χ1v) is 8.27. The molecule has 94 valence electrons. The molecule has 0 aromatic carbocycles. The highest BCUT2D eigenvalue weighted by Crippen LogP contribution is 2.31. The van der Waals surface area contributed by atoms with Crippen molar-refractivity contribution >= 4 is 40.6 Å². The molecule has 2 heterocycles. The molecule has 1 aliphatic rings. The topological polar surface area (TPSA) is 29.1 Å². The van der Waals surface area contributed by atoms with Crippen molar-refractivity contribution in [2.24, 2.45) is 0 Å². The van der Waals surface area contributed by atoms with Gasteiger partial charge < -0.3 is 5.32 Å². The lowest BCUT2D eigenvalue weighted by Gasteiger charge is -2.10. The molecule has 1 atom stereocenters. The second-order valence-electron chi connectivity index (χ2n) is 4.21. The van der Waals surface area contributed by atoms with E-state index in [-0.39, 0.29) is 11.9 Å². The van der Waals surface area contributed by atoms with Crippen LogP contribution in [-0.2, 0) is 12.2 Å². The molecule has 2 nitrogen and oxygen atoms in total. The molecule has 0 spiro atoms. The van der Waals surface area contributed by atoms with E-state index in [0.29, 0.717) is 5.88 Å². The molecule has 1 aliphatic heterocycles. The van der Waals surface area contributed by atoms with Gasteiger partial charge in [0, 0.05) is 22.6 Å². The van der Waals surface area contributed by atoms with E-state index in [0.717, 1.165) is 23.5 Å². The fourth-order valence-corrected chi connectivity index (χ4v) is 4.39. The maximum Gasteiger partial charge on any atom is 0.261 e. The summed E-state index contributed by atoms with van der Waals surface area (Å²) in [6.45, 7) is 1.99. The van der Waals surface area contributed by atoms with E-state index in [4.69, 9.17) is 11.6 Å². The zero-order chi connectivity index (χ0) is 12.3. The van der Waals surface area contributed by atoms with E-state index in [9.17, 15) is 4.79 Å². The number of thiophene rings is 1. The monoisotopic (exact) mass is 289 g/mol. The van der Waals surface area contributed by atoms with Crippen LogP contribution in [0.15, 0.2) is 6.07 Å². The van der Waals surface area contributed by atoms with Gasteiger partial charge in [-0.15, -0.1) is 22.9 Å². The molecule has 0 aliphatic carbocycles. The third-order valence-electron chi connectivity index (χ3n) is 2.77. The SMILES string of the molecule is CC(CCCl)NC(=O)c1cc2c(s1)CCSC2. The lowest BCUT2D eigenvalue weighted by atomic mass is 10.2. The highest BCUT2D eigenvalue weighted by molar-refractivity contribution is 7.98. The van der Waals surface area contributed by atoms with Gasteiger partial charge >= 0.3 is 0 Å². The Hall–Kier alpha value is -0.190. The number of carbonyl (C=O) groups excluding carboxylic acids is 1. The number of nitrogens with one attached hydrogen (secondary N) is 1. The average Bonchev–Trinajstić information content (AvgIpc) is 2.72. The van der Waals surface area contributed by atoms with Crippen LogP contribution >= 0.6 is 34.7 Å². The first-order valence-electron chi connectivity index (χ1n) is 5.77. The van der Waals surface area contributed by atoms with Crippen molar-refractivity contribution in [3.63, 3.8) is 0 Å². The first-order chi connectivity index (χ1) is 8.20. The lowest BCUT2D eigenvalue weighted by Crippen LogP contribution is -2.32. The third kappa shape index (κ3) is 3.39. The molecule has 1 amide bonds. The summed E-state index contributed by atoms with van der Waals surface area (Å²) >= 11 is 9.24. The standard InChI is InChI=1S/C12H16ClNOS2/c1-8(2-4-13)14-12(15)11-6-9-7-16-5-3-10(9)17-11/h6,8H,2-5,7H2,1H3,(H,14,15). The predicted octanol–water partition coefficient (Wildman–Crippen LogP) is 3.28. The zero-order valence-electron chi connectivity index (χ0n) is 9.79. The molecule has 1 aromatic rings. The van der Waals surface area contributed by atoms with Gasteiger partial charge in [-0.3, -0.25) is 4.79 Å². The second-order valence-corrected chi connectivity index (χ2v) is 6.83. The molecular formula is C12H16ClNOS2. The maximum atomic E-state index is 12.0. The van der Waals surface area contributed by atoms with Crippen LogP contribution in [0.25, 0.3) is 0 Å². The van der Waals surface area contributed by atoms with E-state index >= 15 is 0 Å². The Morgan fingerprint density at radius 3 is 3.18 bits per heavy atom. The van der Waals surface area contributed by atoms with E-state index in [1.165, 1.54) is 16.2 Å². The molecule has 1 N–H and O–H groups in total. The minimum atomic E-state index is 0.0482. The minimum absolute atomic E-state index is 0.0482. The number of carbonyl (C=O) groups is 1. The van der Waals surface area contributed by atoms with Crippen LogP contribution in [0.1, 0.15) is 33.5 Å². The largest absolute Gasteiger partial charge is 0.349 e. The molecule has 0 bridgehead atoms. The van der Waals surface area contributed by atoms with Crippen molar-refractivity contribution in [1.29, 1.82) is 0 Å².